The molecule has 2 aromatic rings. The minimum atomic E-state index is -0.353. The second-order valence-corrected chi connectivity index (χ2v) is 4.81. The standard InChI is InChI=1S/C17H21NO3/c1-4-20-16(19)11-21-17-14(12(2)18-3)10-9-13-7-5-6-8-15(13)17/h5-10,12,18H,4,11H2,1-3H3. The van der Waals surface area contributed by atoms with Crippen molar-refractivity contribution in [2.24, 2.45) is 0 Å². The normalized spacial score (nSPS) is 12.1. The molecule has 0 aliphatic rings. The number of benzene rings is 2. The summed E-state index contributed by atoms with van der Waals surface area (Å²) in [5, 5.41) is 5.29. The van der Waals surface area contributed by atoms with Crippen molar-refractivity contribution in [3.63, 3.8) is 0 Å². The molecule has 2 aromatic carbocycles. The van der Waals surface area contributed by atoms with Crippen LogP contribution in [-0.2, 0) is 9.53 Å². The van der Waals surface area contributed by atoms with Crippen molar-refractivity contribution in [1.82, 2.24) is 5.32 Å². The van der Waals surface area contributed by atoms with Crippen LogP contribution in [0.2, 0.25) is 0 Å². The molecule has 0 radical (unpaired) electrons. The number of carbonyl (C=O) groups excluding carboxylic acids is 1. The van der Waals surface area contributed by atoms with Crippen LogP contribution < -0.4 is 10.1 Å². The Morgan fingerprint density at radius 2 is 2.00 bits per heavy atom. The van der Waals surface area contributed by atoms with Crippen LogP contribution in [0.15, 0.2) is 36.4 Å². The van der Waals surface area contributed by atoms with Crippen LogP contribution in [0.25, 0.3) is 10.8 Å². The summed E-state index contributed by atoms with van der Waals surface area (Å²) in [4.78, 5) is 11.5. The van der Waals surface area contributed by atoms with E-state index in [-0.39, 0.29) is 18.6 Å². The van der Waals surface area contributed by atoms with E-state index >= 15 is 0 Å². The van der Waals surface area contributed by atoms with E-state index in [1.54, 1.807) is 6.92 Å². The largest absolute Gasteiger partial charge is 0.481 e. The minimum Gasteiger partial charge on any atom is -0.481 e. The van der Waals surface area contributed by atoms with Crippen molar-refractivity contribution in [3.8, 4) is 5.75 Å². The molecular formula is C17H21NO3. The molecule has 1 atom stereocenters. The summed E-state index contributed by atoms with van der Waals surface area (Å²) in [7, 11) is 1.90. The monoisotopic (exact) mass is 287 g/mol. The number of esters is 1. The number of rotatable bonds is 6. The predicted octanol–water partition coefficient (Wildman–Crippen LogP) is 3.06. The van der Waals surface area contributed by atoms with Crippen molar-refractivity contribution in [2.75, 3.05) is 20.3 Å². The van der Waals surface area contributed by atoms with E-state index in [0.29, 0.717) is 6.61 Å². The van der Waals surface area contributed by atoms with Gasteiger partial charge in [0.15, 0.2) is 6.61 Å². The van der Waals surface area contributed by atoms with Crippen molar-refractivity contribution in [2.45, 2.75) is 19.9 Å². The van der Waals surface area contributed by atoms with Gasteiger partial charge in [0.05, 0.1) is 6.61 Å². The van der Waals surface area contributed by atoms with Crippen LogP contribution in [0.4, 0.5) is 0 Å². The Morgan fingerprint density at radius 1 is 1.24 bits per heavy atom. The topological polar surface area (TPSA) is 47.6 Å². The zero-order chi connectivity index (χ0) is 15.2. The quantitative estimate of drug-likeness (QED) is 0.830. The second kappa shape index (κ2) is 7.09. The summed E-state index contributed by atoms with van der Waals surface area (Å²) in [5.74, 6) is 0.386. The van der Waals surface area contributed by atoms with Gasteiger partial charge in [-0.3, -0.25) is 0 Å². The van der Waals surface area contributed by atoms with Gasteiger partial charge < -0.3 is 14.8 Å². The summed E-state index contributed by atoms with van der Waals surface area (Å²) < 4.78 is 10.7. The first-order valence-corrected chi connectivity index (χ1v) is 7.14. The average molecular weight is 287 g/mol. The molecule has 0 fully saturated rings. The molecule has 4 heteroatoms. The van der Waals surface area contributed by atoms with E-state index in [2.05, 4.69) is 18.3 Å². The van der Waals surface area contributed by atoms with E-state index in [1.165, 1.54) is 0 Å². The molecule has 0 amide bonds. The van der Waals surface area contributed by atoms with E-state index in [0.717, 1.165) is 22.1 Å². The highest BCUT2D eigenvalue weighted by Crippen LogP contribution is 2.33. The number of fused-ring (bicyclic) bond motifs is 1. The van der Waals surface area contributed by atoms with Gasteiger partial charge in [0.1, 0.15) is 5.75 Å². The summed E-state index contributed by atoms with van der Waals surface area (Å²) in [6, 6.07) is 12.2. The first-order valence-electron chi connectivity index (χ1n) is 7.14. The summed E-state index contributed by atoms with van der Waals surface area (Å²) in [5.41, 5.74) is 1.03. The van der Waals surface area contributed by atoms with Gasteiger partial charge in [-0.15, -0.1) is 0 Å². The average Bonchev–Trinajstić information content (AvgIpc) is 2.52. The SMILES string of the molecule is CCOC(=O)COc1c(C(C)NC)ccc2ccccc12. The van der Waals surface area contributed by atoms with Crippen molar-refractivity contribution in [1.29, 1.82) is 0 Å². The molecule has 21 heavy (non-hydrogen) atoms. The Kier molecular flexibility index (Phi) is 5.17. The number of hydrogen-bond donors (Lipinski definition) is 1. The molecule has 0 heterocycles. The second-order valence-electron chi connectivity index (χ2n) is 4.81. The smallest absolute Gasteiger partial charge is 0.344 e. The number of carbonyl (C=O) groups is 1. The highest BCUT2D eigenvalue weighted by Gasteiger charge is 2.15. The third kappa shape index (κ3) is 3.52. The summed E-state index contributed by atoms with van der Waals surface area (Å²) in [6.45, 7) is 4.12. The lowest BCUT2D eigenvalue weighted by Crippen LogP contribution is -2.18. The van der Waals surface area contributed by atoms with Crippen LogP contribution in [0.1, 0.15) is 25.5 Å². The Morgan fingerprint density at radius 3 is 2.71 bits per heavy atom. The van der Waals surface area contributed by atoms with Gasteiger partial charge in [-0.1, -0.05) is 36.4 Å². The zero-order valence-corrected chi connectivity index (χ0v) is 12.7. The molecular weight excluding hydrogens is 266 g/mol. The Hall–Kier alpha value is -2.07. The fourth-order valence-corrected chi connectivity index (χ4v) is 2.25. The molecule has 0 aromatic heterocycles. The van der Waals surface area contributed by atoms with Gasteiger partial charge in [-0.2, -0.15) is 0 Å². The molecule has 2 rings (SSSR count). The first-order chi connectivity index (χ1) is 10.2. The van der Waals surface area contributed by atoms with Gasteiger partial charge >= 0.3 is 5.97 Å². The lowest BCUT2D eigenvalue weighted by atomic mass is 10.0. The van der Waals surface area contributed by atoms with E-state index in [1.807, 2.05) is 37.4 Å². The first kappa shape index (κ1) is 15.3. The Balaban J connectivity index is 2.38. The minimum absolute atomic E-state index is 0.0781. The lowest BCUT2D eigenvalue weighted by Gasteiger charge is -2.18. The van der Waals surface area contributed by atoms with Crippen LogP contribution in [0.3, 0.4) is 0 Å². The summed E-state index contributed by atoms with van der Waals surface area (Å²) >= 11 is 0. The molecule has 1 N–H and O–H groups in total. The molecule has 0 aliphatic carbocycles. The van der Waals surface area contributed by atoms with Crippen molar-refractivity contribution < 1.29 is 14.3 Å². The van der Waals surface area contributed by atoms with Gasteiger partial charge in [0.25, 0.3) is 0 Å². The predicted molar refractivity (Wildman–Crippen MR) is 83.6 cm³/mol. The van der Waals surface area contributed by atoms with Gasteiger partial charge in [0.2, 0.25) is 0 Å². The number of ether oxygens (including phenoxy) is 2. The van der Waals surface area contributed by atoms with Gasteiger partial charge in [-0.25, -0.2) is 4.79 Å². The van der Waals surface area contributed by atoms with Crippen LogP contribution >= 0.6 is 0 Å². The highest BCUT2D eigenvalue weighted by atomic mass is 16.6. The van der Waals surface area contributed by atoms with E-state index in [9.17, 15) is 4.79 Å². The molecule has 0 spiro atoms. The highest BCUT2D eigenvalue weighted by molar-refractivity contribution is 5.90. The zero-order valence-electron chi connectivity index (χ0n) is 12.7. The van der Waals surface area contributed by atoms with Crippen molar-refractivity contribution >= 4 is 16.7 Å². The fourth-order valence-electron chi connectivity index (χ4n) is 2.25. The Labute approximate surface area is 125 Å². The maximum atomic E-state index is 11.5. The van der Waals surface area contributed by atoms with E-state index in [4.69, 9.17) is 9.47 Å². The third-order valence-corrected chi connectivity index (χ3v) is 3.45. The molecule has 0 aliphatic heterocycles. The molecule has 112 valence electrons. The summed E-state index contributed by atoms with van der Waals surface area (Å²) in [6.07, 6.45) is 0. The van der Waals surface area contributed by atoms with Gasteiger partial charge in [0, 0.05) is 17.0 Å². The molecule has 4 nitrogen and oxygen atoms in total. The van der Waals surface area contributed by atoms with Crippen LogP contribution in [-0.4, -0.2) is 26.2 Å². The molecule has 1 unspecified atom stereocenters. The molecule has 0 saturated heterocycles. The number of hydrogen-bond acceptors (Lipinski definition) is 4. The maximum absolute atomic E-state index is 11.5. The fraction of sp³-hybridized carbons (Fsp3) is 0.353. The van der Waals surface area contributed by atoms with Crippen LogP contribution in [0.5, 0.6) is 5.75 Å². The van der Waals surface area contributed by atoms with Crippen LogP contribution in [0, 0.1) is 0 Å². The van der Waals surface area contributed by atoms with E-state index < -0.39 is 0 Å². The lowest BCUT2D eigenvalue weighted by molar-refractivity contribution is -0.145. The third-order valence-electron chi connectivity index (χ3n) is 3.45. The molecule has 0 saturated carbocycles. The van der Waals surface area contributed by atoms with Crippen molar-refractivity contribution in [3.05, 3.63) is 42.0 Å². The maximum Gasteiger partial charge on any atom is 0.344 e. The number of nitrogens with one attached hydrogen (secondary N) is 1. The Bertz CT molecular complexity index is 624. The molecule has 0 bridgehead atoms. The van der Waals surface area contributed by atoms with Gasteiger partial charge in [-0.05, 0) is 26.3 Å².